The van der Waals surface area contributed by atoms with Gasteiger partial charge in [0, 0.05) is 11.6 Å². The molecule has 0 aliphatic carbocycles. The van der Waals surface area contributed by atoms with Crippen molar-refractivity contribution in [3.05, 3.63) is 91.9 Å². The van der Waals surface area contributed by atoms with Gasteiger partial charge in [-0.15, -0.1) is 0 Å². The molecule has 9 nitrogen and oxygen atoms in total. The molecule has 5 rings (SSSR count). The Morgan fingerprint density at radius 2 is 1.82 bits per heavy atom. The van der Waals surface area contributed by atoms with Crippen LogP contribution in [0.2, 0.25) is 10.0 Å². The number of nitro groups is 1. The van der Waals surface area contributed by atoms with Gasteiger partial charge in [0.2, 0.25) is 0 Å². The lowest BCUT2D eigenvalue weighted by molar-refractivity contribution is -0.380. The third-order valence-electron chi connectivity index (χ3n) is 4.83. The van der Waals surface area contributed by atoms with Gasteiger partial charge in [0.15, 0.2) is 11.5 Å². The van der Waals surface area contributed by atoms with Gasteiger partial charge in [-0.25, -0.2) is 14.6 Å². The van der Waals surface area contributed by atoms with Crippen molar-refractivity contribution in [1.29, 1.82) is 0 Å². The number of benzene rings is 2. The van der Waals surface area contributed by atoms with Crippen molar-refractivity contribution in [3.63, 3.8) is 0 Å². The van der Waals surface area contributed by atoms with Crippen molar-refractivity contribution in [2.45, 2.75) is 0 Å². The van der Waals surface area contributed by atoms with Crippen LogP contribution in [0.5, 0.6) is 0 Å². The number of anilines is 1. The monoisotopic (exact) mass is 510 g/mol. The van der Waals surface area contributed by atoms with E-state index in [9.17, 15) is 14.9 Å². The van der Waals surface area contributed by atoms with E-state index in [-0.39, 0.29) is 21.5 Å². The number of thiophene rings is 1. The van der Waals surface area contributed by atoms with E-state index in [2.05, 4.69) is 20.4 Å². The Labute approximate surface area is 205 Å². The van der Waals surface area contributed by atoms with E-state index in [0.717, 1.165) is 17.0 Å². The summed E-state index contributed by atoms with van der Waals surface area (Å²) in [5.74, 6) is -0.0452. The minimum Gasteiger partial charge on any atom is -0.305 e. The Morgan fingerprint density at radius 3 is 2.53 bits per heavy atom. The first-order chi connectivity index (χ1) is 16.4. The number of aromatic nitrogens is 4. The standard InChI is InChI=1S/C22H12Cl2N6O3S/c23-15-7-6-12(10-16(15)24)19-26-20(28-22(31)17-8-9-18(34-17)30(32)33)14-11-25-29(21(14)27-19)13-4-2-1-3-5-13/h1-11H,(H,26,27,28,31). The normalized spacial score (nSPS) is 11.0. The molecule has 0 spiro atoms. The maximum Gasteiger partial charge on any atom is 0.324 e. The lowest BCUT2D eigenvalue weighted by atomic mass is 10.2. The van der Waals surface area contributed by atoms with E-state index in [4.69, 9.17) is 23.2 Å². The second-order valence-corrected chi connectivity index (χ2v) is 8.88. The van der Waals surface area contributed by atoms with Crippen molar-refractivity contribution in [3.8, 4) is 17.1 Å². The minimum absolute atomic E-state index is 0.133. The van der Waals surface area contributed by atoms with Crippen LogP contribution in [0.3, 0.4) is 0 Å². The van der Waals surface area contributed by atoms with Crippen molar-refractivity contribution in [2.24, 2.45) is 0 Å². The van der Waals surface area contributed by atoms with E-state index in [1.165, 1.54) is 12.1 Å². The van der Waals surface area contributed by atoms with Gasteiger partial charge in [0.1, 0.15) is 5.82 Å². The Hall–Kier alpha value is -3.86. The van der Waals surface area contributed by atoms with Gasteiger partial charge in [-0.1, -0.05) is 52.7 Å². The summed E-state index contributed by atoms with van der Waals surface area (Å²) in [6.07, 6.45) is 1.55. The molecular formula is C22H12Cl2N6O3S. The molecule has 0 bridgehead atoms. The summed E-state index contributed by atoms with van der Waals surface area (Å²) in [6, 6.07) is 17.0. The van der Waals surface area contributed by atoms with E-state index < -0.39 is 10.8 Å². The van der Waals surface area contributed by atoms with Crippen LogP contribution in [0.25, 0.3) is 28.1 Å². The third-order valence-corrected chi connectivity index (χ3v) is 6.61. The maximum absolute atomic E-state index is 12.9. The quantitative estimate of drug-likeness (QED) is 0.228. The van der Waals surface area contributed by atoms with Crippen LogP contribution in [-0.2, 0) is 0 Å². The number of nitrogens with one attached hydrogen (secondary N) is 1. The number of nitrogens with zero attached hydrogens (tertiary/aromatic N) is 5. The highest BCUT2D eigenvalue weighted by atomic mass is 35.5. The van der Waals surface area contributed by atoms with E-state index in [1.54, 1.807) is 29.1 Å². The van der Waals surface area contributed by atoms with Gasteiger partial charge in [-0.2, -0.15) is 5.10 Å². The number of carbonyl (C=O) groups excluding carboxylic acids is 1. The predicted octanol–water partition coefficient (Wildman–Crippen LogP) is 6.01. The molecule has 168 valence electrons. The molecule has 1 N–H and O–H groups in total. The molecule has 0 atom stereocenters. The number of hydrogen-bond acceptors (Lipinski definition) is 7. The fraction of sp³-hybridized carbons (Fsp3) is 0. The molecule has 0 aliphatic rings. The van der Waals surface area contributed by atoms with Crippen LogP contribution >= 0.6 is 34.5 Å². The Balaban J connectivity index is 1.64. The Bertz CT molecular complexity index is 1570. The van der Waals surface area contributed by atoms with Crippen molar-refractivity contribution in [2.75, 3.05) is 5.32 Å². The van der Waals surface area contributed by atoms with E-state index in [1.807, 2.05) is 30.3 Å². The molecule has 1 amide bonds. The zero-order valence-corrected chi connectivity index (χ0v) is 19.3. The summed E-state index contributed by atoms with van der Waals surface area (Å²) in [5, 5.41) is 19.2. The molecule has 0 aliphatic heterocycles. The highest BCUT2D eigenvalue weighted by molar-refractivity contribution is 7.17. The van der Waals surface area contributed by atoms with Gasteiger partial charge in [-0.05, 0) is 36.4 Å². The highest BCUT2D eigenvalue weighted by Crippen LogP contribution is 2.31. The largest absolute Gasteiger partial charge is 0.324 e. The average molecular weight is 511 g/mol. The molecule has 12 heteroatoms. The van der Waals surface area contributed by atoms with Crippen molar-refractivity contribution >= 4 is 62.3 Å². The molecular weight excluding hydrogens is 499 g/mol. The van der Waals surface area contributed by atoms with Crippen LogP contribution in [0.4, 0.5) is 10.8 Å². The maximum atomic E-state index is 12.9. The topological polar surface area (TPSA) is 116 Å². The smallest absolute Gasteiger partial charge is 0.305 e. The lowest BCUT2D eigenvalue weighted by Crippen LogP contribution is -2.12. The number of rotatable bonds is 5. The van der Waals surface area contributed by atoms with Crippen molar-refractivity contribution < 1.29 is 9.72 Å². The molecule has 0 radical (unpaired) electrons. The van der Waals surface area contributed by atoms with Crippen LogP contribution in [0.1, 0.15) is 9.67 Å². The Morgan fingerprint density at radius 1 is 1.03 bits per heavy atom. The SMILES string of the molecule is O=C(Nc1nc(-c2ccc(Cl)c(Cl)c2)nc2c1cnn2-c1ccccc1)c1ccc([N+](=O)[O-])s1. The second kappa shape index (κ2) is 8.82. The fourth-order valence-electron chi connectivity index (χ4n) is 3.24. The number of halogens is 2. The number of fused-ring (bicyclic) bond motifs is 1. The van der Waals surface area contributed by atoms with E-state index >= 15 is 0 Å². The summed E-state index contributed by atoms with van der Waals surface area (Å²) < 4.78 is 1.63. The van der Waals surface area contributed by atoms with Crippen LogP contribution in [0, 0.1) is 10.1 Å². The van der Waals surface area contributed by atoms with Crippen LogP contribution in [0.15, 0.2) is 66.9 Å². The van der Waals surface area contributed by atoms with Crippen LogP contribution in [-0.4, -0.2) is 30.6 Å². The lowest BCUT2D eigenvalue weighted by Gasteiger charge is -2.09. The predicted molar refractivity (Wildman–Crippen MR) is 131 cm³/mol. The van der Waals surface area contributed by atoms with Crippen LogP contribution < -0.4 is 5.32 Å². The van der Waals surface area contributed by atoms with Gasteiger partial charge >= 0.3 is 5.00 Å². The van der Waals surface area contributed by atoms with E-state index in [0.29, 0.717) is 26.6 Å². The third kappa shape index (κ3) is 4.10. The second-order valence-electron chi connectivity index (χ2n) is 7.00. The summed E-state index contributed by atoms with van der Waals surface area (Å²) in [4.78, 5) is 32.7. The first-order valence-corrected chi connectivity index (χ1v) is 11.3. The fourth-order valence-corrected chi connectivity index (χ4v) is 4.26. The number of hydrogen-bond donors (Lipinski definition) is 1. The highest BCUT2D eigenvalue weighted by Gasteiger charge is 2.20. The molecule has 2 aromatic carbocycles. The molecule has 0 saturated carbocycles. The molecule has 0 saturated heterocycles. The van der Waals surface area contributed by atoms with Gasteiger partial charge in [0.25, 0.3) is 5.91 Å². The van der Waals surface area contributed by atoms with Gasteiger partial charge in [0.05, 0.1) is 37.1 Å². The zero-order chi connectivity index (χ0) is 23.8. The number of para-hydroxylation sites is 1. The zero-order valence-electron chi connectivity index (χ0n) is 17.0. The van der Waals surface area contributed by atoms with Gasteiger partial charge < -0.3 is 5.32 Å². The molecule has 3 heterocycles. The number of amides is 1. The minimum atomic E-state index is -0.545. The first kappa shape index (κ1) is 22.0. The molecule has 3 aromatic heterocycles. The summed E-state index contributed by atoms with van der Waals surface area (Å²) in [5.41, 5.74) is 1.80. The summed E-state index contributed by atoms with van der Waals surface area (Å²) >= 11 is 13.0. The average Bonchev–Trinajstić information content (AvgIpc) is 3.49. The Kier molecular flexibility index (Phi) is 5.70. The molecule has 0 fully saturated rings. The summed E-state index contributed by atoms with van der Waals surface area (Å²) in [7, 11) is 0. The molecule has 0 unspecified atom stereocenters. The van der Waals surface area contributed by atoms with Crippen molar-refractivity contribution in [1.82, 2.24) is 19.7 Å². The first-order valence-electron chi connectivity index (χ1n) is 9.73. The molecule has 5 aromatic rings. The number of carbonyl (C=O) groups is 1. The molecule has 34 heavy (non-hydrogen) atoms. The summed E-state index contributed by atoms with van der Waals surface area (Å²) in [6.45, 7) is 0. The van der Waals surface area contributed by atoms with Gasteiger partial charge in [-0.3, -0.25) is 14.9 Å².